The third-order valence-corrected chi connectivity index (χ3v) is 4.39. The number of aryl methyl sites for hydroxylation is 2. The van der Waals surface area contributed by atoms with Crippen molar-refractivity contribution in [1.29, 1.82) is 0 Å². The van der Waals surface area contributed by atoms with Gasteiger partial charge in [0.1, 0.15) is 10.7 Å². The molecular weight excluding hydrogens is 288 g/mol. The fraction of sp³-hybridized carbons (Fsp3) is 0.333. The van der Waals surface area contributed by atoms with E-state index in [2.05, 4.69) is 5.32 Å². The van der Waals surface area contributed by atoms with E-state index in [1.54, 1.807) is 36.9 Å². The Morgan fingerprint density at radius 3 is 2.67 bits per heavy atom. The Balaban J connectivity index is 2.32. The first-order chi connectivity index (χ1) is 9.95. The number of ether oxygens (including phenoxy) is 1. The van der Waals surface area contributed by atoms with Crippen LogP contribution in [-0.2, 0) is 11.8 Å². The average Bonchev–Trinajstić information content (AvgIpc) is 2.95. The van der Waals surface area contributed by atoms with Gasteiger partial charge >= 0.3 is 5.97 Å². The van der Waals surface area contributed by atoms with E-state index in [1.165, 1.54) is 11.3 Å². The van der Waals surface area contributed by atoms with Gasteiger partial charge in [0.25, 0.3) is 5.91 Å². The van der Waals surface area contributed by atoms with E-state index in [4.69, 9.17) is 4.74 Å². The van der Waals surface area contributed by atoms with Gasteiger partial charge < -0.3 is 14.6 Å². The molecule has 0 radical (unpaired) electrons. The molecule has 0 bridgehead atoms. The Morgan fingerprint density at radius 1 is 1.38 bits per heavy atom. The molecule has 2 aromatic rings. The molecule has 2 heterocycles. The smallest absolute Gasteiger partial charge is 0.341 e. The van der Waals surface area contributed by atoms with Gasteiger partial charge in [-0.05, 0) is 38.5 Å². The summed E-state index contributed by atoms with van der Waals surface area (Å²) < 4.78 is 6.80. The highest BCUT2D eigenvalue weighted by molar-refractivity contribution is 7.16. The lowest BCUT2D eigenvalue weighted by Crippen LogP contribution is -2.17. The molecule has 21 heavy (non-hydrogen) atoms. The van der Waals surface area contributed by atoms with E-state index in [0.29, 0.717) is 22.9 Å². The highest BCUT2D eigenvalue weighted by Gasteiger charge is 2.22. The van der Waals surface area contributed by atoms with Gasteiger partial charge in [0.2, 0.25) is 0 Å². The number of hydrogen-bond donors (Lipinski definition) is 1. The number of thiophene rings is 1. The lowest BCUT2D eigenvalue weighted by atomic mass is 10.1. The molecule has 2 aromatic heterocycles. The van der Waals surface area contributed by atoms with Crippen LogP contribution in [0.3, 0.4) is 0 Å². The average molecular weight is 306 g/mol. The maximum absolute atomic E-state index is 12.3. The molecule has 6 heteroatoms. The summed E-state index contributed by atoms with van der Waals surface area (Å²) in [5.74, 6) is -0.643. The topological polar surface area (TPSA) is 60.3 Å². The quantitative estimate of drug-likeness (QED) is 0.883. The first kappa shape index (κ1) is 15.3. The van der Waals surface area contributed by atoms with E-state index in [9.17, 15) is 9.59 Å². The van der Waals surface area contributed by atoms with Crippen molar-refractivity contribution in [3.63, 3.8) is 0 Å². The Hall–Kier alpha value is -2.08. The summed E-state index contributed by atoms with van der Waals surface area (Å²) in [6, 6.07) is 3.53. The standard InChI is InChI=1S/C15H18N2O3S/c1-5-20-15(19)12-9(2)10(3)21-14(12)16-13(18)11-7-6-8-17(11)4/h6-8H,5H2,1-4H3,(H,16,18). The van der Waals surface area contributed by atoms with Gasteiger partial charge in [-0.25, -0.2) is 4.79 Å². The normalized spacial score (nSPS) is 10.5. The van der Waals surface area contributed by atoms with E-state index in [1.807, 2.05) is 13.8 Å². The number of nitrogens with one attached hydrogen (secondary N) is 1. The molecule has 0 saturated carbocycles. The van der Waals surface area contributed by atoms with Crippen LogP contribution >= 0.6 is 11.3 Å². The predicted octanol–water partition coefficient (Wildman–Crippen LogP) is 3.13. The van der Waals surface area contributed by atoms with E-state index >= 15 is 0 Å². The zero-order valence-electron chi connectivity index (χ0n) is 12.5. The van der Waals surface area contributed by atoms with Gasteiger partial charge in [-0.15, -0.1) is 11.3 Å². The minimum absolute atomic E-state index is 0.241. The molecule has 112 valence electrons. The van der Waals surface area contributed by atoms with Gasteiger partial charge in [0.15, 0.2) is 0 Å². The second kappa shape index (κ2) is 6.13. The number of carbonyl (C=O) groups excluding carboxylic acids is 2. The van der Waals surface area contributed by atoms with Crippen molar-refractivity contribution in [1.82, 2.24) is 4.57 Å². The first-order valence-electron chi connectivity index (χ1n) is 6.65. The predicted molar refractivity (Wildman–Crippen MR) is 83.1 cm³/mol. The van der Waals surface area contributed by atoms with Crippen LogP contribution in [-0.4, -0.2) is 23.1 Å². The largest absolute Gasteiger partial charge is 0.462 e. The summed E-state index contributed by atoms with van der Waals surface area (Å²) in [4.78, 5) is 25.3. The van der Waals surface area contributed by atoms with Crippen LogP contribution in [0.25, 0.3) is 0 Å². The van der Waals surface area contributed by atoms with E-state index < -0.39 is 5.97 Å². The van der Waals surface area contributed by atoms with E-state index in [-0.39, 0.29) is 5.91 Å². The van der Waals surface area contributed by atoms with Gasteiger partial charge in [-0.2, -0.15) is 0 Å². The molecule has 0 aromatic carbocycles. The highest BCUT2D eigenvalue weighted by atomic mass is 32.1. The van der Waals surface area contributed by atoms with Crippen molar-refractivity contribution < 1.29 is 14.3 Å². The molecule has 0 aliphatic heterocycles. The Labute approximate surface area is 127 Å². The van der Waals surface area contributed by atoms with Crippen LogP contribution in [0.4, 0.5) is 5.00 Å². The number of aromatic nitrogens is 1. The van der Waals surface area contributed by atoms with Crippen LogP contribution < -0.4 is 5.32 Å². The number of rotatable bonds is 4. The molecule has 5 nitrogen and oxygen atoms in total. The third-order valence-electron chi connectivity index (χ3n) is 3.27. The molecule has 1 amide bonds. The molecular formula is C15H18N2O3S. The molecule has 0 spiro atoms. The maximum atomic E-state index is 12.3. The van der Waals surface area contributed by atoms with Crippen molar-refractivity contribution in [2.45, 2.75) is 20.8 Å². The number of esters is 1. The number of carbonyl (C=O) groups is 2. The Bertz CT molecular complexity index is 685. The summed E-state index contributed by atoms with van der Waals surface area (Å²) in [6.45, 7) is 5.84. The lowest BCUT2D eigenvalue weighted by molar-refractivity contribution is 0.0527. The number of nitrogens with zero attached hydrogens (tertiary/aromatic N) is 1. The Morgan fingerprint density at radius 2 is 2.10 bits per heavy atom. The fourth-order valence-electron chi connectivity index (χ4n) is 2.03. The van der Waals surface area contributed by atoms with Crippen LogP contribution in [0.5, 0.6) is 0 Å². The summed E-state index contributed by atoms with van der Waals surface area (Å²) in [5, 5.41) is 3.35. The molecule has 2 rings (SSSR count). The number of hydrogen-bond acceptors (Lipinski definition) is 4. The van der Waals surface area contributed by atoms with Crippen molar-refractivity contribution >= 4 is 28.2 Å². The van der Waals surface area contributed by atoms with Crippen molar-refractivity contribution in [2.24, 2.45) is 7.05 Å². The summed E-state index contributed by atoms with van der Waals surface area (Å²) in [7, 11) is 1.80. The molecule has 0 unspecified atom stereocenters. The summed E-state index contributed by atoms with van der Waals surface area (Å²) in [6.07, 6.45) is 1.80. The minimum Gasteiger partial charge on any atom is -0.462 e. The molecule has 0 atom stereocenters. The Kier molecular flexibility index (Phi) is 4.47. The monoisotopic (exact) mass is 306 g/mol. The van der Waals surface area contributed by atoms with Gasteiger partial charge in [0.05, 0.1) is 12.2 Å². The van der Waals surface area contributed by atoms with Gasteiger partial charge in [-0.1, -0.05) is 0 Å². The zero-order chi connectivity index (χ0) is 15.6. The molecule has 0 saturated heterocycles. The summed E-state index contributed by atoms with van der Waals surface area (Å²) >= 11 is 1.38. The van der Waals surface area contributed by atoms with Crippen LogP contribution in [0, 0.1) is 13.8 Å². The van der Waals surface area contributed by atoms with Crippen molar-refractivity contribution in [3.8, 4) is 0 Å². The summed E-state index contributed by atoms with van der Waals surface area (Å²) in [5.41, 5.74) is 1.83. The fourth-order valence-corrected chi connectivity index (χ4v) is 3.07. The highest BCUT2D eigenvalue weighted by Crippen LogP contribution is 2.33. The second-order valence-electron chi connectivity index (χ2n) is 4.67. The second-order valence-corrected chi connectivity index (χ2v) is 5.89. The molecule has 0 aliphatic carbocycles. The minimum atomic E-state index is -0.401. The molecule has 1 N–H and O–H groups in total. The molecule has 0 fully saturated rings. The van der Waals surface area contributed by atoms with E-state index in [0.717, 1.165) is 10.4 Å². The molecule has 0 aliphatic rings. The van der Waals surface area contributed by atoms with Gasteiger partial charge in [0, 0.05) is 18.1 Å². The van der Waals surface area contributed by atoms with Gasteiger partial charge in [-0.3, -0.25) is 4.79 Å². The van der Waals surface area contributed by atoms with Crippen LogP contribution in [0.2, 0.25) is 0 Å². The SMILES string of the molecule is CCOC(=O)c1c(NC(=O)c2cccn2C)sc(C)c1C. The third kappa shape index (κ3) is 3.00. The lowest BCUT2D eigenvalue weighted by Gasteiger charge is -2.07. The maximum Gasteiger partial charge on any atom is 0.341 e. The van der Waals surface area contributed by atoms with Crippen LogP contribution in [0.1, 0.15) is 38.2 Å². The zero-order valence-corrected chi connectivity index (χ0v) is 13.3. The van der Waals surface area contributed by atoms with Crippen molar-refractivity contribution in [3.05, 3.63) is 40.0 Å². The number of anilines is 1. The van der Waals surface area contributed by atoms with Crippen molar-refractivity contribution in [2.75, 3.05) is 11.9 Å². The van der Waals surface area contributed by atoms with Crippen LogP contribution in [0.15, 0.2) is 18.3 Å². The number of amides is 1. The first-order valence-corrected chi connectivity index (χ1v) is 7.47.